The molecule has 1 atom stereocenters. The van der Waals surface area contributed by atoms with E-state index < -0.39 is 14.2 Å². The smallest absolute Gasteiger partial charge is 0.371 e. The topological polar surface area (TPSA) is 49.0 Å². The van der Waals surface area contributed by atoms with E-state index in [4.69, 9.17) is 18.0 Å². The summed E-state index contributed by atoms with van der Waals surface area (Å²) in [6.45, 7) is 15.2. The number of ether oxygens (including phenoxy) is 1. The maximum Gasteiger partial charge on any atom is 0.550 e. The van der Waals surface area contributed by atoms with Crippen molar-refractivity contribution < 1.29 is 18.0 Å². The number of rotatable bonds is 14. The molecule has 128 valence electrons. The molecule has 6 heteroatoms. The zero-order valence-corrected chi connectivity index (χ0v) is 15.8. The molecule has 0 radical (unpaired) electrons. The van der Waals surface area contributed by atoms with Gasteiger partial charge in [-0.05, 0) is 40.7 Å². The van der Waals surface area contributed by atoms with Crippen molar-refractivity contribution in [2.45, 2.75) is 66.2 Å². The maximum absolute atomic E-state index is 6.17. The summed E-state index contributed by atoms with van der Waals surface area (Å²) in [5.41, 5.74) is 0. The van der Waals surface area contributed by atoms with Gasteiger partial charge in [-0.2, -0.15) is 0 Å². The Labute approximate surface area is 132 Å². The van der Waals surface area contributed by atoms with Crippen molar-refractivity contribution in [1.29, 1.82) is 0 Å². The molecule has 0 spiro atoms. The molecule has 0 fully saturated rings. The van der Waals surface area contributed by atoms with Crippen LogP contribution in [0.25, 0.3) is 0 Å². The SMILES string of the molecule is CCCCCOC(C)(NCC)[Si](OCC)(OCC)OCC. The lowest BCUT2D eigenvalue weighted by Crippen LogP contribution is -2.71. The Hall–Kier alpha value is 0.0169. The van der Waals surface area contributed by atoms with Crippen molar-refractivity contribution in [2.24, 2.45) is 0 Å². The van der Waals surface area contributed by atoms with Crippen molar-refractivity contribution in [2.75, 3.05) is 33.0 Å². The van der Waals surface area contributed by atoms with Crippen LogP contribution in [0.3, 0.4) is 0 Å². The molecule has 0 rings (SSSR count). The van der Waals surface area contributed by atoms with Gasteiger partial charge in [-0.1, -0.05) is 26.7 Å². The molecular weight excluding hydrogens is 286 g/mol. The maximum atomic E-state index is 6.17. The standard InChI is InChI=1S/C15H35NO4Si/c1-7-12-13-14-17-15(6,16-8-2)21(18-9-3,19-10-4)20-11-5/h16H,7-14H2,1-6H3. The van der Waals surface area contributed by atoms with Crippen LogP contribution in [0.1, 0.15) is 60.8 Å². The second-order valence-electron chi connectivity index (χ2n) is 4.97. The molecule has 0 aromatic rings. The second kappa shape index (κ2) is 11.6. The predicted molar refractivity (Wildman–Crippen MR) is 88.2 cm³/mol. The Balaban J connectivity index is 5.14. The fraction of sp³-hybridized carbons (Fsp3) is 1.00. The first kappa shape index (κ1) is 21.0. The van der Waals surface area contributed by atoms with Crippen LogP contribution >= 0.6 is 0 Å². The van der Waals surface area contributed by atoms with Gasteiger partial charge in [-0.25, -0.2) is 0 Å². The molecule has 1 N–H and O–H groups in total. The molecule has 0 aromatic heterocycles. The minimum atomic E-state index is -2.96. The molecule has 0 saturated heterocycles. The van der Waals surface area contributed by atoms with Crippen LogP contribution in [-0.2, 0) is 18.0 Å². The summed E-state index contributed by atoms with van der Waals surface area (Å²) in [6.07, 6.45) is 3.37. The molecule has 0 aromatic carbocycles. The lowest BCUT2D eigenvalue weighted by atomic mass is 10.3. The Morgan fingerprint density at radius 3 is 1.76 bits per heavy atom. The van der Waals surface area contributed by atoms with Crippen LogP contribution in [-0.4, -0.2) is 47.1 Å². The van der Waals surface area contributed by atoms with Gasteiger partial charge >= 0.3 is 8.80 Å². The molecule has 0 aliphatic heterocycles. The quantitative estimate of drug-likeness (QED) is 0.303. The first-order valence-electron chi connectivity index (χ1n) is 8.36. The number of nitrogens with one attached hydrogen (secondary N) is 1. The van der Waals surface area contributed by atoms with E-state index in [1.807, 2.05) is 27.7 Å². The van der Waals surface area contributed by atoms with Crippen LogP contribution in [0.4, 0.5) is 0 Å². The fourth-order valence-corrected chi connectivity index (χ4v) is 5.21. The van der Waals surface area contributed by atoms with E-state index in [2.05, 4.69) is 19.2 Å². The average Bonchev–Trinajstić information content (AvgIpc) is 2.44. The summed E-state index contributed by atoms with van der Waals surface area (Å²) in [6, 6.07) is 0. The summed E-state index contributed by atoms with van der Waals surface area (Å²) >= 11 is 0. The minimum Gasteiger partial charge on any atom is -0.371 e. The molecule has 1 unspecified atom stereocenters. The van der Waals surface area contributed by atoms with Gasteiger partial charge in [0, 0.05) is 26.4 Å². The highest BCUT2D eigenvalue weighted by Crippen LogP contribution is 2.27. The summed E-state index contributed by atoms with van der Waals surface area (Å²) in [7, 11) is -2.96. The number of unbranched alkanes of at least 4 members (excludes halogenated alkanes) is 2. The molecule has 21 heavy (non-hydrogen) atoms. The molecule has 0 heterocycles. The zero-order chi connectivity index (χ0) is 16.2. The van der Waals surface area contributed by atoms with Crippen molar-refractivity contribution in [3.05, 3.63) is 0 Å². The summed E-state index contributed by atoms with van der Waals surface area (Å²) in [5.74, 6) is 0. The average molecular weight is 322 g/mol. The Morgan fingerprint density at radius 2 is 1.38 bits per heavy atom. The van der Waals surface area contributed by atoms with Crippen LogP contribution in [0, 0.1) is 0 Å². The third-order valence-corrected chi connectivity index (χ3v) is 6.74. The molecule has 5 nitrogen and oxygen atoms in total. The highest BCUT2D eigenvalue weighted by Gasteiger charge is 2.59. The summed E-state index contributed by atoms with van der Waals surface area (Å²) < 4.78 is 24.1. The number of hydrogen-bond donors (Lipinski definition) is 1. The monoisotopic (exact) mass is 321 g/mol. The first-order valence-corrected chi connectivity index (χ1v) is 10.1. The van der Waals surface area contributed by atoms with E-state index in [0.29, 0.717) is 26.4 Å². The van der Waals surface area contributed by atoms with E-state index in [1.165, 1.54) is 6.42 Å². The van der Waals surface area contributed by atoms with Crippen LogP contribution in [0.5, 0.6) is 0 Å². The number of hydrogen-bond acceptors (Lipinski definition) is 5. The van der Waals surface area contributed by atoms with Crippen LogP contribution < -0.4 is 5.32 Å². The van der Waals surface area contributed by atoms with E-state index in [1.54, 1.807) is 0 Å². The van der Waals surface area contributed by atoms with Gasteiger partial charge in [0.1, 0.15) is 0 Å². The molecule has 0 aliphatic carbocycles. The third kappa shape index (κ3) is 6.34. The minimum absolute atomic E-state index is 0.547. The van der Waals surface area contributed by atoms with Gasteiger partial charge in [-0.15, -0.1) is 0 Å². The van der Waals surface area contributed by atoms with Gasteiger partial charge in [0.15, 0.2) is 5.35 Å². The second-order valence-corrected chi connectivity index (χ2v) is 7.91. The van der Waals surface area contributed by atoms with Gasteiger partial charge in [0.05, 0.1) is 0 Å². The predicted octanol–water partition coefficient (Wildman–Crippen LogP) is 3.11. The molecule has 0 amide bonds. The lowest BCUT2D eigenvalue weighted by molar-refractivity contribution is -0.0796. The summed E-state index contributed by atoms with van der Waals surface area (Å²) in [5, 5.41) is 2.68. The van der Waals surface area contributed by atoms with E-state index in [9.17, 15) is 0 Å². The Bertz CT molecular complexity index is 239. The van der Waals surface area contributed by atoms with Crippen molar-refractivity contribution >= 4 is 8.80 Å². The largest absolute Gasteiger partial charge is 0.550 e. The summed E-state index contributed by atoms with van der Waals surface area (Å²) in [4.78, 5) is 0. The van der Waals surface area contributed by atoms with Crippen LogP contribution in [0.2, 0.25) is 0 Å². The Kier molecular flexibility index (Phi) is 11.6. The molecule has 0 saturated carbocycles. The van der Waals surface area contributed by atoms with Gasteiger partial charge in [0.25, 0.3) is 0 Å². The molecular formula is C15H35NO4Si. The van der Waals surface area contributed by atoms with E-state index in [-0.39, 0.29) is 0 Å². The van der Waals surface area contributed by atoms with E-state index >= 15 is 0 Å². The molecule has 0 aliphatic rings. The van der Waals surface area contributed by atoms with Gasteiger partial charge in [0.2, 0.25) is 0 Å². The lowest BCUT2D eigenvalue weighted by Gasteiger charge is -2.42. The normalized spacial score (nSPS) is 15.1. The van der Waals surface area contributed by atoms with Gasteiger partial charge in [-0.3, -0.25) is 5.32 Å². The highest BCUT2D eigenvalue weighted by molar-refractivity contribution is 6.63. The van der Waals surface area contributed by atoms with Crippen molar-refractivity contribution in [1.82, 2.24) is 5.32 Å². The van der Waals surface area contributed by atoms with Gasteiger partial charge < -0.3 is 18.0 Å². The highest BCUT2D eigenvalue weighted by atomic mass is 28.4. The first-order chi connectivity index (χ1) is 10.1. The van der Waals surface area contributed by atoms with E-state index in [0.717, 1.165) is 19.4 Å². The molecule has 0 bridgehead atoms. The van der Waals surface area contributed by atoms with Crippen molar-refractivity contribution in [3.63, 3.8) is 0 Å². The van der Waals surface area contributed by atoms with Crippen LogP contribution in [0.15, 0.2) is 0 Å². The van der Waals surface area contributed by atoms with Crippen molar-refractivity contribution in [3.8, 4) is 0 Å². The third-order valence-electron chi connectivity index (χ3n) is 3.24. The zero-order valence-electron chi connectivity index (χ0n) is 14.8. The fourth-order valence-electron chi connectivity index (χ4n) is 2.32. The Morgan fingerprint density at radius 1 is 0.857 bits per heavy atom.